The molecule has 3 aromatic rings. The summed E-state index contributed by atoms with van der Waals surface area (Å²) in [6, 6.07) is 15.4. The van der Waals surface area contributed by atoms with Gasteiger partial charge in [0.1, 0.15) is 0 Å². The number of hydrogen-bond acceptors (Lipinski definition) is 2. The SMILES string of the molecule is CC(C)c1ccc(C(C)Nc2ccc3cn[nH]c3c2)cc1. The molecule has 3 rings (SSSR count). The Morgan fingerprint density at radius 3 is 2.38 bits per heavy atom. The van der Waals surface area contributed by atoms with Gasteiger partial charge in [0.15, 0.2) is 0 Å². The fourth-order valence-electron chi connectivity index (χ4n) is 2.53. The summed E-state index contributed by atoms with van der Waals surface area (Å²) in [5, 5.41) is 11.7. The highest BCUT2D eigenvalue weighted by Crippen LogP contribution is 2.23. The van der Waals surface area contributed by atoms with E-state index in [1.807, 2.05) is 6.20 Å². The fraction of sp³-hybridized carbons (Fsp3) is 0.278. The summed E-state index contributed by atoms with van der Waals surface area (Å²) in [5.74, 6) is 0.574. The molecule has 0 amide bonds. The van der Waals surface area contributed by atoms with Crippen LogP contribution < -0.4 is 5.32 Å². The van der Waals surface area contributed by atoms with E-state index in [4.69, 9.17) is 0 Å². The van der Waals surface area contributed by atoms with Gasteiger partial charge in [-0.05, 0) is 42.2 Å². The van der Waals surface area contributed by atoms with Crippen LogP contribution in [0.15, 0.2) is 48.7 Å². The molecule has 3 nitrogen and oxygen atoms in total. The predicted molar refractivity (Wildman–Crippen MR) is 88.7 cm³/mol. The molecule has 21 heavy (non-hydrogen) atoms. The third-order valence-electron chi connectivity index (χ3n) is 3.93. The minimum Gasteiger partial charge on any atom is -0.378 e. The van der Waals surface area contributed by atoms with E-state index in [0.29, 0.717) is 5.92 Å². The van der Waals surface area contributed by atoms with E-state index in [9.17, 15) is 0 Å². The van der Waals surface area contributed by atoms with Crippen molar-refractivity contribution in [3.63, 3.8) is 0 Å². The second-order valence-electron chi connectivity index (χ2n) is 5.86. The van der Waals surface area contributed by atoms with Gasteiger partial charge in [-0.3, -0.25) is 5.10 Å². The molecule has 0 aliphatic rings. The number of anilines is 1. The number of benzene rings is 2. The smallest absolute Gasteiger partial charge is 0.0670 e. The maximum atomic E-state index is 4.05. The number of aromatic nitrogens is 2. The quantitative estimate of drug-likeness (QED) is 0.716. The first-order valence-electron chi connectivity index (χ1n) is 7.43. The lowest BCUT2D eigenvalue weighted by atomic mass is 9.99. The van der Waals surface area contributed by atoms with E-state index in [2.05, 4.69) is 78.7 Å². The third kappa shape index (κ3) is 2.92. The van der Waals surface area contributed by atoms with E-state index < -0.39 is 0 Å². The molecule has 108 valence electrons. The summed E-state index contributed by atoms with van der Waals surface area (Å²) < 4.78 is 0. The number of nitrogens with zero attached hydrogens (tertiary/aromatic N) is 1. The number of H-pyrrole nitrogens is 1. The molecule has 3 heteroatoms. The molecular weight excluding hydrogens is 258 g/mol. The van der Waals surface area contributed by atoms with Crippen LogP contribution in [0.2, 0.25) is 0 Å². The topological polar surface area (TPSA) is 40.7 Å². The van der Waals surface area contributed by atoms with Gasteiger partial charge in [0, 0.05) is 17.1 Å². The molecule has 0 spiro atoms. The normalized spacial score (nSPS) is 12.8. The number of fused-ring (bicyclic) bond motifs is 1. The average Bonchev–Trinajstić information content (AvgIpc) is 2.95. The highest BCUT2D eigenvalue weighted by molar-refractivity contribution is 5.81. The van der Waals surface area contributed by atoms with Crippen molar-refractivity contribution in [2.45, 2.75) is 32.7 Å². The molecule has 1 aromatic heterocycles. The number of hydrogen-bond donors (Lipinski definition) is 2. The summed E-state index contributed by atoms with van der Waals surface area (Å²) in [5.41, 5.74) is 4.84. The zero-order valence-corrected chi connectivity index (χ0v) is 12.7. The molecule has 0 aliphatic heterocycles. The Labute approximate surface area is 125 Å². The van der Waals surface area contributed by atoms with Crippen LogP contribution in [0.1, 0.15) is 43.9 Å². The van der Waals surface area contributed by atoms with Crippen LogP contribution in [-0.4, -0.2) is 10.2 Å². The zero-order chi connectivity index (χ0) is 14.8. The number of rotatable bonds is 4. The first kappa shape index (κ1) is 13.7. The molecule has 1 atom stereocenters. The van der Waals surface area contributed by atoms with Gasteiger partial charge in [0.2, 0.25) is 0 Å². The summed E-state index contributed by atoms with van der Waals surface area (Å²) in [7, 11) is 0. The number of aromatic amines is 1. The van der Waals surface area contributed by atoms with Crippen LogP contribution in [0.25, 0.3) is 10.9 Å². The van der Waals surface area contributed by atoms with Crippen molar-refractivity contribution >= 4 is 16.6 Å². The predicted octanol–water partition coefficient (Wildman–Crippen LogP) is 4.86. The van der Waals surface area contributed by atoms with Crippen molar-refractivity contribution in [3.05, 3.63) is 59.8 Å². The van der Waals surface area contributed by atoms with Crippen molar-refractivity contribution in [2.24, 2.45) is 0 Å². The molecule has 0 saturated heterocycles. The van der Waals surface area contributed by atoms with Crippen molar-refractivity contribution in [1.29, 1.82) is 0 Å². The van der Waals surface area contributed by atoms with Crippen molar-refractivity contribution < 1.29 is 0 Å². The van der Waals surface area contributed by atoms with Gasteiger partial charge in [-0.15, -0.1) is 0 Å². The maximum absolute atomic E-state index is 4.05. The van der Waals surface area contributed by atoms with Gasteiger partial charge in [-0.1, -0.05) is 38.1 Å². The molecule has 0 radical (unpaired) electrons. The lowest BCUT2D eigenvalue weighted by molar-refractivity contribution is 0.852. The average molecular weight is 279 g/mol. The van der Waals surface area contributed by atoms with Gasteiger partial charge in [-0.25, -0.2) is 0 Å². The molecule has 0 saturated carbocycles. The van der Waals surface area contributed by atoms with E-state index in [0.717, 1.165) is 16.6 Å². The van der Waals surface area contributed by atoms with Crippen molar-refractivity contribution in [3.8, 4) is 0 Å². The maximum Gasteiger partial charge on any atom is 0.0670 e. The summed E-state index contributed by atoms with van der Waals surface area (Å²) in [6.07, 6.45) is 1.84. The second-order valence-corrected chi connectivity index (χ2v) is 5.86. The molecule has 2 N–H and O–H groups in total. The molecular formula is C18H21N3. The van der Waals surface area contributed by atoms with Gasteiger partial charge in [-0.2, -0.15) is 5.10 Å². The van der Waals surface area contributed by atoms with Crippen LogP contribution in [-0.2, 0) is 0 Å². The Morgan fingerprint density at radius 2 is 1.67 bits per heavy atom. The Kier molecular flexibility index (Phi) is 3.65. The highest BCUT2D eigenvalue weighted by Gasteiger charge is 2.07. The summed E-state index contributed by atoms with van der Waals surface area (Å²) >= 11 is 0. The first-order valence-corrected chi connectivity index (χ1v) is 7.43. The van der Waals surface area contributed by atoms with Gasteiger partial charge in [0.05, 0.1) is 11.7 Å². The molecule has 1 heterocycles. The molecule has 2 aromatic carbocycles. The minimum absolute atomic E-state index is 0.270. The standard InChI is InChI=1S/C18H21N3/c1-12(2)14-4-6-15(7-5-14)13(3)20-17-9-8-16-11-19-21-18(16)10-17/h4-13,20H,1-3H3,(H,19,21). The minimum atomic E-state index is 0.270. The second kappa shape index (κ2) is 5.60. The Hall–Kier alpha value is -2.29. The van der Waals surface area contributed by atoms with Gasteiger partial charge < -0.3 is 5.32 Å². The lowest BCUT2D eigenvalue weighted by Crippen LogP contribution is -2.06. The molecule has 0 bridgehead atoms. The van der Waals surface area contributed by atoms with Crippen LogP contribution >= 0.6 is 0 Å². The van der Waals surface area contributed by atoms with E-state index in [1.165, 1.54) is 11.1 Å². The van der Waals surface area contributed by atoms with E-state index in [1.54, 1.807) is 0 Å². The fourth-order valence-corrected chi connectivity index (χ4v) is 2.53. The van der Waals surface area contributed by atoms with Crippen LogP contribution in [0.3, 0.4) is 0 Å². The third-order valence-corrected chi connectivity index (χ3v) is 3.93. The molecule has 0 aliphatic carbocycles. The number of nitrogens with one attached hydrogen (secondary N) is 2. The summed E-state index contributed by atoms with van der Waals surface area (Å²) in [4.78, 5) is 0. The zero-order valence-electron chi connectivity index (χ0n) is 12.7. The Bertz CT molecular complexity index is 726. The van der Waals surface area contributed by atoms with E-state index >= 15 is 0 Å². The van der Waals surface area contributed by atoms with Crippen LogP contribution in [0.4, 0.5) is 5.69 Å². The largest absolute Gasteiger partial charge is 0.378 e. The Morgan fingerprint density at radius 1 is 0.952 bits per heavy atom. The molecule has 1 unspecified atom stereocenters. The van der Waals surface area contributed by atoms with Crippen molar-refractivity contribution in [1.82, 2.24) is 10.2 Å². The lowest BCUT2D eigenvalue weighted by Gasteiger charge is -2.17. The molecule has 0 fully saturated rings. The monoisotopic (exact) mass is 279 g/mol. The summed E-state index contributed by atoms with van der Waals surface area (Å²) in [6.45, 7) is 6.62. The highest BCUT2D eigenvalue weighted by atomic mass is 15.1. The van der Waals surface area contributed by atoms with Gasteiger partial charge >= 0.3 is 0 Å². The van der Waals surface area contributed by atoms with Crippen LogP contribution in [0, 0.1) is 0 Å². The first-order chi connectivity index (χ1) is 10.1. The van der Waals surface area contributed by atoms with E-state index in [-0.39, 0.29) is 6.04 Å². The van der Waals surface area contributed by atoms with Gasteiger partial charge in [0.25, 0.3) is 0 Å². The Balaban J connectivity index is 1.76. The van der Waals surface area contributed by atoms with Crippen LogP contribution in [0.5, 0.6) is 0 Å². The van der Waals surface area contributed by atoms with Crippen molar-refractivity contribution in [2.75, 3.05) is 5.32 Å².